The third kappa shape index (κ3) is 4.68. The molecule has 5 heteroatoms. The van der Waals surface area contributed by atoms with Crippen LogP contribution in [0.4, 0.5) is 0 Å². The summed E-state index contributed by atoms with van der Waals surface area (Å²) in [6.45, 7) is 6.74. The van der Waals surface area contributed by atoms with Gasteiger partial charge in [-0.15, -0.1) is 0 Å². The van der Waals surface area contributed by atoms with E-state index in [9.17, 15) is 4.79 Å². The summed E-state index contributed by atoms with van der Waals surface area (Å²) in [7, 11) is 0. The van der Waals surface area contributed by atoms with Crippen LogP contribution in [-0.2, 0) is 9.53 Å². The number of nitrogens with one attached hydrogen (secondary N) is 2. The van der Waals surface area contributed by atoms with Crippen molar-refractivity contribution in [2.24, 2.45) is 5.92 Å². The Morgan fingerprint density at radius 2 is 2.00 bits per heavy atom. The van der Waals surface area contributed by atoms with E-state index < -0.39 is 0 Å². The minimum atomic E-state index is 0.187. The van der Waals surface area contributed by atoms with Crippen molar-refractivity contribution in [1.82, 2.24) is 15.5 Å². The molecule has 0 aromatic rings. The van der Waals surface area contributed by atoms with Gasteiger partial charge in [-0.2, -0.15) is 0 Å². The summed E-state index contributed by atoms with van der Waals surface area (Å²) >= 11 is 0. The van der Waals surface area contributed by atoms with Crippen LogP contribution in [0.1, 0.15) is 51.4 Å². The first kappa shape index (κ1) is 17.2. The summed E-state index contributed by atoms with van der Waals surface area (Å²) in [4.78, 5) is 14.9. The van der Waals surface area contributed by atoms with Crippen LogP contribution in [0.25, 0.3) is 0 Å². The van der Waals surface area contributed by atoms with Crippen LogP contribution < -0.4 is 10.6 Å². The topological polar surface area (TPSA) is 53.6 Å². The lowest BCUT2D eigenvalue weighted by atomic mass is 9.79. The molecule has 0 radical (unpaired) electrons. The van der Waals surface area contributed by atoms with Gasteiger partial charge in [-0.25, -0.2) is 0 Å². The van der Waals surface area contributed by atoms with Crippen LogP contribution >= 0.6 is 0 Å². The van der Waals surface area contributed by atoms with Crippen molar-refractivity contribution in [3.05, 3.63) is 0 Å². The lowest BCUT2D eigenvalue weighted by Crippen LogP contribution is -2.59. The van der Waals surface area contributed by atoms with Gasteiger partial charge in [0, 0.05) is 31.6 Å². The number of ether oxygens (including phenoxy) is 1. The molecule has 0 aromatic carbocycles. The molecule has 2 N–H and O–H groups in total. The van der Waals surface area contributed by atoms with E-state index >= 15 is 0 Å². The smallest absolute Gasteiger partial charge is 0.220 e. The van der Waals surface area contributed by atoms with Gasteiger partial charge >= 0.3 is 0 Å². The minimum absolute atomic E-state index is 0.187. The fraction of sp³-hybridized carbons (Fsp3) is 0.944. The number of carbonyl (C=O) groups is 1. The molecule has 3 aliphatic rings. The fourth-order valence-corrected chi connectivity index (χ4v) is 4.50. The van der Waals surface area contributed by atoms with Gasteiger partial charge < -0.3 is 15.4 Å². The van der Waals surface area contributed by atoms with Crippen molar-refractivity contribution in [1.29, 1.82) is 0 Å². The summed E-state index contributed by atoms with van der Waals surface area (Å²) < 4.78 is 5.52. The van der Waals surface area contributed by atoms with Crippen molar-refractivity contribution in [2.45, 2.75) is 56.9 Å². The molecular weight excluding hydrogens is 290 g/mol. The zero-order valence-corrected chi connectivity index (χ0v) is 14.4. The Kier molecular flexibility index (Phi) is 6.31. The van der Waals surface area contributed by atoms with Gasteiger partial charge in [0.1, 0.15) is 0 Å². The van der Waals surface area contributed by atoms with E-state index in [-0.39, 0.29) is 11.4 Å². The molecule has 0 aromatic heterocycles. The van der Waals surface area contributed by atoms with Crippen LogP contribution in [0.15, 0.2) is 0 Å². The van der Waals surface area contributed by atoms with E-state index in [0.29, 0.717) is 12.3 Å². The molecule has 1 amide bonds. The molecule has 3 fully saturated rings. The Morgan fingerprint density at radius 1 is 1.22 bits per heavy atom. The fourth-order valence-electron chi connectivity index (χ4n) is 4.50. The third-order valence-corrected chi connectivity index (χ3v) is 6.02. The molecule has 0 bridgehead atoms. The van der Waals surface area contributed by atoms with E-state index in [0.717, 1.165) is 52.4 Å². The predicted molar refractivity (Wildman–Crippen MR) is 91.4 cm³/mol. The van der Waals surface area contributed by atoms with Gasteiger partial charge in [-0.05, 0) is 44.7 Å². The standard InChI is InChI=1S/C18H33N3O2/c22-17(5-4-16-6-9-19-14-16)20-15-18(7-2-1-3-8-18)21-10-12-23-13-11-21/h16,19H,1-15H2,(H,20,22). The van der Waals surface area contributed by atoms with Crippen LogP contribution in [0.3, 0.4) is 0 Å². The minimum Gasteiger partial charge on any atom is -0.379 e. The number of hydrogen-bond acceptors (Lipinski definition) is 4. The van der Waals surface area contributed by atoms with Gasteiger partial charge in [-0.1, -0.05) is 19.3 Å². The SMILES string of the molecule is O=C(CCC1CCNC1)NCC1(N2CCOCC2)CCCCC1. The average molecular weight is 323 g/mol. The Bertz CT molecular complexity index is 370. The van der Waals surface area contributed by atoms with Gasteiger partial charge in [0.15, 0.2) is 0 Å². The number of rotatable bonds is 6. The van der Waals surface area contributed by atoms with Crippen LogP contribution in [-0.4, -0.2) is 62.3 Å². The van der Waals surface area contributed by atoms with Crippen LogP contribution in [0.5, 0.6) is 0 Å². The van der Waals surface area contributed by atoms with Crippen LogP contribution in [0.2, 0.25) is 0 Å². The van der Waals surface area contributed by atoms with E-state index in [2.05, 4.69) is 15.5 Å². The highest BCUT2D eigenvalue weighted by atomic mass is 16.5. The second-order valence-electron chi connectivity index (χ2n) is 7.56. The first-order chi connectivity index (χ1) is 11.3. The molecule has 2 heterocycles. The molecular formula is C18H33N3O2. The first-order valence-electron chi connectivity index (χ1n) is 9.59. The zero-order valence-electron chi connectivity index (χ0n) is 14.4. The molecule has 0 spiro atoms. The average Bonchev–Trinajstić information content (AvgIpc) is 3.13. The largest absolute Gasteiger partial charge is 0.379 e. The zero-order chi connectivity index (χ0) is 16.0. The summed E-state index contributed by atoms with van der Waals surface area (Å²) in [6, 6.07) is 0. The highest BCUT2D eigenvalue weighted by Crippen LogP contribution is 2.33. The molecule has 1 atom stereocenters. The van der Waals surface area contributed by atoms with Gasteiger partial charge in [0.2, 0.25) is 5.91 Å². The van der Waals surface area contributed by atoms with Crippen molar-refractivity contribution in [3.63, 3.8) is 0 Å². The second kappa shape index (κ2) is 8.45. The number of hydrogen-bond donors (Lipinski definition) is 2. The van der Waals surface area contributed by atoms with Gasteiger partial charge in [0.25, 0.3) is 0 Å². The first-order valence-corrected chi connectivity index (χ1v) is 9.59. The summed E-state index contributed by atoms with van der Waals surface area (Å²) in [5.74, 6) is 0.943. The van der Waals surface area contributed by atoms with Gasteiger partial charge in [0.05, 0.1) is 13.2 Å². The quantitative estimate of drug-likeness (QED) is 0.778. The maximum absolute atomic E-state index is 12.3. The number of amides is 1. The van der Waals surface area contributed by atoms with Crippen molar-refractivity contribution in [3.8, 4) is 0 Å². The molecule has 1 saturated carbocycles. The second-order valence-corrected chi connectivity index (χ2v) is 7.56. The Balaban J connectivity index is 1.48. The number of nitrogens with zero attached hydrogens (tertiary/aromatic N) is 1. The molecule has 1 unspecified atom stereocenters. The molecule has 2 aliphatic heterocycles. The summed E-state index contributed by atoms with van der Waals surface area (Å²) in [6.07, 6.45) is 9.32. The number of morpholine rings is 1. The van der Waals surface area contributed by atoms with Crippen LogP contribution in [0, 0.1) is 5.92 Å². The third-order valence-electron chi connectivity index (χ3n) is 6.02. The van der Waals surface area contributed by atoms with E-state index in [1.54, 1.807) is 0 Å². The lowest BCUT2D eigenvalue weighted by molar-refractivity contribution is -0.122. The Hall–Kier alpha value is -0.650. The highest BCUT2D eigenvalue weighted by Gasteiger charge is 2.38. The maximum atomic E-state index is 12.3. The molecule has 132 valence electrons. The molecule has 2 saturated heterocycles. The molecule has 5 nitrogen and oxygen atoms in total. The van der Waals surface area contributed by atoms with Crippen molar-refractivity contribution < 1.29 is 9.53 Å². The lowest BCUT2D eigenvalue weighted by Gasteiger charge is -2.48. The highest BCUT2D eigenvalue weighted by molar-refractivity contribution is 5.75. The predicted octanol–water partition coefficient (Wildman–Crippen LogP) is 1.53. The van der Waals surface area contributed by atoms with Crippen molar-refractivity contribution in [2.75, 3.05) is 45.9 Å². The van der Waals surface area contributed by atoms with E-state index in [4.69, 9.17) is 4.74 Å². The monoisotopic (exact) mass is 323 g/mol. The Morgan fingerprint density at radius 3 is 2.70 bits per heavy atom. The van der Waals surface area contributed by atoms with Crippen molar-refractivity contribution >= 4 is 5.91 Å². The Labute approximate surface area is 140 Å². The summed E-state index contributed by atoms with van der Waals surface area (Å²) in [5.41, 5.74) is 0.187. The molecule has 1 aliphatic carbocycles. The molecule has 23 heavy (non-hydrogen) atoms. The maximum Gasteiger partial charge on any atom is 0.220 e. The summed E-state index contributed by atoms with van der Waals surface area (Å²) in [5, 5.41) is 6.65. The van der Waals surface area contributed by atoms with E-state index in [1.807, 2.05) is 0 Å². The number of carbonyl (C=O) groups excluding carboxylic acids is 1. The van der Waals surface area contributed by atoms with Gasteiger partial charge in [-0.3, -0.25) is 9.69 Å². The normalized spacial score (nSPS) is 28.6. The van der Waals surface area contributed by atoms with E-state index in [1.165, 1.54) is 38.5 Å². The molecule has 3 rings (SSSR count).